The van der Waals surface area contributed by atoms with Crippen LogP contribution in [0.2, 0.25) is 0 Å². The van der Waals surface area contributed by atoms with Gasteiger partial charge < -0.3 is 5.32 Å². The molecule has 0 aliphatic rings. The second kappa shape index (κ2) is 4.84. The SMILES string of the molecule is Cc1ccccc1N[C@H](C)c1ccccc1. The molecule has 0 heterocycles. The van der Waals surface area contributed by atoms with Crippen LogP contribution in [-0.2, 0) is 0 Å². The van der Waals surface area contributed by atoms with E-state index in [4.69, 9.17) is 0 Å². The Bertz CT molecular complexity index is 448. The van der Waals surface area contributed by atoms with E-state index in [0.717, 1.165) is 0 Å². The molecule has 1 atom stereocenters. The Morgan fingerprint density at radius 3 is 2.19 bits per heavy atom. The van der Waals surface area contributed by atoms with Crippen molar-refractivity contribution in [3.63, 3.8) is 0 Å². The third-order valence-corrected chi connectivity index (χ3v) is 2.82. The van der Waals surface area contributed by atoms with Crippen LogP contribution in [0, 0.1) is 6.92 Å². The van der Waals surface area contributed by atoms with Gasteiger partial charge in [0.25, 0.3) is 0 Å². The van der Waals surface area contributed by atoms with Gasteiger partial charge in [-0.3, -0.25) is 0 Å². The number of nitrogens with one attached hydrogen (secondary N) is 1. The fourth-order valence-electron chi connectivity index (χ4n) is 1.79. The number of benzene rings is 2. The first-order valence-electron chi connectivity index (χ1n) is 5.64. The maximum Gasteiger partial charge on any atom is 0.0485 e. The van der Waals surface area contributed by atoms with Crippen molar-refractivity contribution in [2.24, 2.45) is 0 Å². The first-order chi connectivity index (χ1) is 7.77. The molecular formula is C15H17N. The molecule has 2 rings (SSSR count). The lowest BCUT2D eigenvalue weighted by Crippen LogP contribution is -2.07. The summed E-state index contributed by atoms with van der Waals surface area (Å²) in [6.07, 6.45) is 0. The molecule has 0 spiro atoms. The highest BCUT2D eigenvalue weighted by atomic mass is 14.9. The second-order valence-corrected chi connectivity index (χ2v) is 4.09. The number of anilines is 1. The molecular weight excluding hydrogens is 194 g/mol. The summed E-state index contributed by atoms with van der Waals surface area (Å²) < 4.78 is 0. The molecule has 2 aromatic rings. The molecule has 0 saturated carbocycles. The Kier molecular flexibility index (Phi) is 3.25. The van der Waals surface area contributed by atoms with Crippen molar-refractivity contribution in [1.82, 2.24) is 0 Å². The summed E-state index contributed by atoms with van der Waals surface area (Å²) in [7, 11) is 0. The lowest BCUT2D eigenvalue weighted by Gasteiger charge is -2.17. The van der Waals surface area contributed by atoms with Crippen LogP contribution in [0.25, 0.3) is 0 Å². The molecule has 0 radical (unpaired) electrons. The molecule has 0 fully saturated rings. The molecule has 0 amide bonds. The first kappa shape index (κ1) is 10.7. The molecule has 16 heavy (non-hydrogen) atoms. The van der Waals surface area contributed by atoms with Gasteiger partial charge in [-0.2, -0.15) is 0 Å². The maximum atomic E-state index is 3.53. The van der Waals surface area contributed by atoms with Crippen LogP contribution in [0.5, 0.6) is 0 Å². The summed E-state index contributed by atoms with van der Waals surface area (Å²) in [4.78, 5) is 0. The molecule has 1 nitrogen and oxygen atoms in total. The van der Waals surface area contributed by atoms with E-state index < -0.39 is 0 Å². The smallest absolute Gasteiger partial charge is 0.0485 e. The fourth-order valence-corrected chi connectivity index (χ4v) is 1.79. The Morgan fingerprint density at radius 1 is 0.875 bits per heavy atom. The minimum absolute atomic E-state index is 0.335. The van der Waals surface area contributed by atoms with E-state index in [1.54, 1.807) is 0 Å². The van der Waals surface area contributed by atoms with Crippen LogP contribution >= 0.6 is 0 Å². The van der Waals surface area contributed by atoms with Crippen LogP contribution in [0.4, 0.5) is 5.69 Å². The van der Waals surface area contributed by atoms with Gasteiger partial charge >= 0.3 is 0 Å². The normalized spacial score (nSPS) is 12.1. The third-order valence-electron chi connectivity index (χ3n) is 2.82. The highest BCUT2D eigenvalue weighted by Crippen LogP contribution is 2.21. The summed E-state index contributed by atoms with van der Waals surface area (Å²) in [5.74, 6) is 0. The molecule has 0 aliphatic heterocycles. The Balaban J connectivity index is 2.14. The summed E-state index contributed by atoms with van der Waals surface area (Å²) in [5, 5.41) is 3.53. The van der Waals surface area contributed by atoms with Gasteiger partial charge in [0.15, 0.2) is 0 Å². The highest BCUT2D eigenvalue weighted by molar-refractivity contribution is 5.51. The Hall–Kier alpha value is -1.76. The summed E-state index contributed by atoms with van der Waals surface area (Å²) in [5.41, 5.74) is 3.80. The van der Waals surface area contributed by atoms with Gasteiger partial charge in [0.1, 0.15) is 0 Å². The zero-order valence-electron chi connectivity index (χ0n) is 9.77. The Labute approximate surface area is 97.1 Å². The van der Waals surface area contributed by atoms with E-state index in [0.29, 0.717) is 6.04 Å². The van der Waals surface area contributed by atoms with E-state index >= 15 is 0 Å². The summed E-state index contributed by atoms with van der Waals surface area (Å²) >= 11 is 0. The number of hydrogen-bond donors (Lipinski definition) is 1. The summed E-state index contributed by atoms with van der Waals surface area (Å²) in [6, 6.07) is 19.2. The predicted molar refractivity (Wildman–Crippen MR) is 69.7 cm³/mol. The van der Waals surface area contributed by atoms with E-state index in [1.807, 2.05) is 6.07 Å². The monoisotopic (exact) mass is 211 g/mol. The number of hydrogen-bond acceptors (Lipinski definition) is 1. The molecule has 1 N–H and O–H groups in total. The van der Waals surface area contributed by atoms with Gasteiger partial charge in [-0.1, -0.05) is 48.5 Å². The average molecular weight is 211 g/mol. The standard InChI is InChI=1S/C15H17N/c1-12-8-6-7-11-15(12)16-13(2)14-9-4-3-5-10-14/h3-11,13,16H,1-2H3/t13-/m1/s1. The highest BCUT2D eigenvalue weighted by Gasteiger charge is 2.05. The number of rotatable bonds is 3. The van der Waals surface area contributed by atoms with Crippen molar-refractivity contribution in [3.05, 3.63) is 65.7 Å². The van der Waals surface area contributed by atoms with Crippen LogP contribution in [-0.4, -0.2) is 0 Å². The average Bonchev–Trinajstić information content (AvgIpc) is 2.33. The van der Waals surface area contributed by atoms with Gasteiger partial charge in [0.05, 0.1) is 0 Å². The first-order valence-corrected chi connectivity index (χ1v) is 5.64. The molecule has 0 unspecified atom stereocenters. The molecule has 0 aromatic heterocycles. The van der Waals surface area contributed by atoms with Gasteiger partial charge in [0.2, 0.25) is 0 Å². The van der Waals surface area contributed by atoms with Gasteiger partial charge in [-0.15, -0.1) is 0 Å². The zero-order valence-corrected chi connectivity index (χ0v) is 9.77. The van der Waals surface area contributed by atoms with Gasteiger partial charge in [0, 0.05) is 11.7 Å². The lowest BCUT2D eigenvalue weighted by atomic mass is 10.1. The van der Waals surface area contributed by atoms with Crippen LogP contribution < -0.4 is 5.32 Å². The van der Waals surface area contributed by atoms with Crippen molar-refractivity contribution >= 4 is 5.69 Å². The lowest BCUT2D eigenvalue weighted by molar-refractivity contribution is 0.883. The second-order valence-electron chi connectivity index (χ2n) is 4.09. The minimum atomic E-state index is 0.335. The molecule has 0 bridgehead atoms. The number of para-hydroxylation sites is 1. The van der Waals surface area contributed by atoms with Crippen molar-refractivity contribution < 1.29 is 0 Å². The van der Waals surface area contributed by atoms with Crippen molar-refractivity contribution in [1.29, 1.82) is 0 Å². The Morgan fingerprint density at radius 2 is 1.50 bits per heavy atom. The summed E-state index contributed by atoms with van der Waals surface area (Å²) in [6.45, 7) is 4.31. The molecule has 1 heteroatoms. The van der Waals surface area contributed by atoms with E-state index in [9.17, 15) is 0 Å². The molecule has 0 aliphatic carbocycles. The van der Waals surface area contributed by atoms with E-state index in [-0.39, 0.29) is 0 Å². The van der Waals surface area contributed by atoms with Crippen molar-refractivity contribution in [3.8, 4) is 0 Å². The van der Waals surface area contributed by atoms with E-state index in [1.165, 1.54) is 16.8 Å². The molecule has 0 saturated heterocycles. The predicted octanol–water partition coefficient (Wildman–Crippen LogP) is 4.17. The largest absolute Gasteiger partial charge is 0.378 e. The quantitative estimate of drug-likeness (QED) is 0.803. The van der Waals surface area contributed by atoms with Crippen molar-refractivity contribution in [2.45, 2.75) is 19.9 Å². The van der Waals surface area contributed by atoms with Gasteiger partial charge in [-0.25, -0.2) is 0 Å². The van der Waals surface area contributed by atoms with Crippen LogP contribution in [0.15, 0.2) is 54.6 Å². The topological polar surface area (TPSA) is 12.0 Å². The molecule has 82 valence electrons. The van der Waals surface area contributed by atoms with Crippen LogP contribution in [0.3, 0.4) is 0 Å². The molecule has 2 aromatic carbocycles. The van der Waals surface area contributed by atoms with Gasteiger partial charge in [-0.05, 0) is 31.0 Å². The van der Waals surface area contributed by atoms with E-state index in [2.05, 4.69) is 67.7 Å². The number of aryl methyl sites for hydroxylation is 1. The van der Waals surface area contributed by atoms with Crippen LogP contribution in [0.1, 0.15) is 24.1 Å². The maximum absolute atomic E-state index is 3.53. The zero-order chi connectivity index (χ0) is 11.4. The minimum Gasteiger partial charge on any atom is -0.378 e. The third kappa shape index (κ3) is 2.43. The fraction of sp³-hybridized carbons (Fsp3) is 0.200. The van der Waals surface area contributed by atoms with Crippen molar-refractivity contribution in [2.75, 3.05) is 5.32 Å².